The first-order chi connectivity index (χ1) is 7.75. The van der Waals surface area contributed by atoms with Gasteiger partial charge >= 0.3 is 26.1 Å². The van der Waals surface area contributed by atoms with Gasteiger partial charge in [-0.05, 0) is 0 Å². The van der Waals surface area contributed by atoms with Crippen molar-refractivity contribution in [2.24, 2.45) is 0 Å². The van der Waals surface area contributed by atoms with E-state index in [0.29, 0.717) is 0 Å². The molecule has 0 atom stereocenters. The zero-order valence-electron chi connectivity index (χ0n) is 7.58. The third-order valence-corrected chi connectivity index (χ3v) is 1.90. The molecule has 0 spiro atoms. The van der Waals surface area contributed by atoms with Crippen molar-refractivity contribution in [3.8, 4) is 0 Å². The fraction of sp³-hybridized carbons (Fsp3) is 0. The molecule has 0 amide bonds. The van der Waals surface area contributed by atoms with Crippen LogP contribution in [0.5, 0.6) is 0 Å². The fourth-order valence-corrected chi connectivity index (χ4v) is 1.16. The van der Waals surface area contributed by atoms with Gasteiger partial charge in [-0.3, -0.25) is 0 Å². The predicted octanol–water partition coefficient (Wildman–Crippen LogP) is 4.36. The van der Waals surface area contributed by atoms with E-state index in [1.54, 1.807) is 0 Å². The highest BCUT2D eigenvalue weighted by molar-refractivity contribution is 7.48. The molecule has 0 fully saturated rings. The highest BCUT2D eigenvalue weighted by Gasteiger charge is 2.29. The fourth-order valence-electron chi connectivity index (χ4n) is 0.388. The van der Waals surface area contributed by atoms with Crippen LogP contribution in [0.15, 0.2) is 37.0 Å². The van der Waals surface area contributed by atoms with Crippen molar-refractivity contribution in [3.63, 3.8) is 0 Å². The van der Waals surface area contributed by atoms with Crippen molar-refractivity contribution in [2.75, 3.05) is 0 Å². The number of halogens is 6. The predicted molar refractivity (Wildman–Crippen MR) is 41.8 cm³/mol. The zero-order chi connectivity index (χ0) is 13.5. The van der Waals surface area contributed by atoms with Crippen molar-refractivity contribution in [1.82, 2.24) is 0 Å². The Bertz CT molecular complexity index is 323. The molecule has 0 unspecified atom stereocenters. The van der Waals surface area contributed by atoms with E-state index in [9.17, 15) is 30.9 Å². The standard InChI is InChI=1S/C6H3F6O4P/c7-4(8)1-14-17(13,15-2-5(9)10)16-3-6(11)12/h1-3H. The Morgan fingerprint density at radius 1 is 0.706 bits per heavy atom. The summed E-state index contributed by atoms with van der Waals surface area (Å²) in [7, 11) is -5.05. The first-order valence-electron chi connectivity index (χ1n) is 3.44. The minimum absolute atomic E-state index is 0.464. The largest absolute Gasteiger partial charge is 0.645 e. The molecule has 0 aliphatic rings. The van der Waals surface area contributed by atoms with Crippen molar-refractivity contribution in [3.05, 3.63) is 37.0 Å². The highest BCUT2D eigenvalue weighted by atomic mass is 31.2. The summed E-state index contributed by atoms with van der Waals surface area (Å²) in [5, 5.41) is 0. The Balaban J connectivity index is 4.81. The highest BCUT2D eigenvalue weighted by Crippen LogP contribution is 2.51. The van der Waals surface area contributed by atoms with Crippen molar-refractivity contribution < 1.29 is 44.5 Å². The molecule has 0 bridgehead atoms. The van der Waals surface area contributed by atoms with Crippen LogP contribution >= 0.6 is 7.82 Å². The molecule has 0 radical (unpaired) electrons. The van der Waals surface area contributed by atoms with Crippen LogP contribution in [0.4, 0.5) is 26.3 Å². The van der Waals surface area contributed by atoms with Crippen molar-refractivity contribution in [1.29, 1.82) is 0 Å². The van der Waals surface area contributed by atoms with E-state index in [2.05, 4.69) is 13.6 Å². The third-order valence-electron chi connectivity index (χ3n) is 0.813. The number of phosphoric acid groups is 1. The Labute approximate surface area is 90.4 Å². The molecule has 0 heterocycles. The summed E-state index contributed by atoms with van der Waals surface area (Å²) < 4.78 is 91.3. The topological polar surface area (TPSA) is 44.8 Å². The second-order valence-electron chi connectivity index (χ2n) is 1.99. The number of hydrogen-bond acceptors (Lipinski definition) is 4. The average Bonchev–Trinajstić information content (AvgIpc) is 2.21. The van der Waals surface area contributed by atoms with Crippen molar-refractivity contribution in [2.45, 2.75) is 0 Å². The number of hydrogen-bond donors (Lipinski definition) is 0. The van der Waals surface area contributed by atoms with Crippen LogP contribution in [-0.2, 0) is 18.1 Å². The zero-order valence-corrected chi connectivity index (χ0v) is 8.47. The lowest BCUT2D eigenvalue weighted by atomic mass is 11.1. The van der Waals surface area contributed by atoms with Gasteiger partial charge < -0.3 is 13.6 Å². The minimum atomic E-state index is -5.05. The summed E-state index contributed by atoms with van der Waals surface area (Å²) in [6, 6.07) is 0. The third kappa shape index (κ3) is 8.26. The van der Waals surface area contributed by atoms with E-state index >= 15 is 0 Å². The van der Waals surface area contributed by atoms with E-state index in [-0.39, 0.29) is 0 Å². The van der Waals surface area contributed by atoms with E-state index in [1.165, 1.54) is 0 Å². The second kappa shape index (κ2) is 6.89. The van der Waals surface area contributed by atoms with Gasteiger partial charge in [0.1, 0.15) is 0 Å². The summed E-state index contributed by atoms with van der Waals surface area (Å²) in [6.45, 7) is 0. The summed E-state index contributed by atoms with van der Waals surface area (Å²) in [5.41, 5.74) is 0. The molecule has 17 heavy (non-hydrogen) atoms. The number of phosphoric ester groups is 1. The van der Waals surface area contributed by atoms with E-state index in [4.69, 9.17) is 0 Å². The van der Waals surface area contributed by atoms with E-state index < -0.39 is 44.9 Å². The quantitative estimate of drug-likeness (QED) is 0.413. The Morgan fingerprint density at radius 3 is 1.12 bits per heavy atom. The molecular formula is C6H3F6O4P. The van der Waals surface area contributed by atoms with Crippen LogP contribution in [0.2, 0.25) is 0 Å². The maximum atomic E-state index is 11.5. The molecule has 0 saturated carbocycles. The van der Waals surface area contributed by atoms with Gasteiger partial charge in [-0.2, -0.15) is 30.9 Å². The minimum Gasteiger partial charge on any atom is -0.388 e. The molecule has 0 N–H and O–H groups in total. The monoisotopic (exact) mass is 284 g/mol. The van der Waals surface area contributed by atoms with E-state index in [0.717, 1.165) is 0 Å². The summed E-state index contributed by atoms with van der Waals surface area (Å²) in [5.74, 6) is 0. The molecule has 11 heteroatoms. The van der Waals surface area contributed by atoms with Crippen LogP contribution in [-0.4, -0.2) is 0 Å². The van der Waals surface area contributed by atoms with Gasteiger partial charge in [-0.15, -0.1) is 0 Å². The maximum Gasteiger partial charge on any atom is 0.645 e. The van der Waals surface area contributed by atoms with E-state index in [1.807, 2.05) is 0 Å². The molecule has 0 saturated heterocycles. The normalized spacial score (nSPS) is 10.0. The summed E-state index contributed by atoms with van der Waals surface area (Å²) in [4.78, 5) is 0. The van der Waals surface area contributed by atoms with Crippen molar-refractivity contribution >= 4 is 7.82 Å². The molecular weight excluding hydrogens is 281 g/mol. The van der Waals surface area contributed by atoms with Gasteiger partial charge in [0, 0.05) is 0 Å². The van der Waals surface area contributed by atoms with Crippen LogP contribution in [0.3, 0.4) is 0 Å². The van der Waals surface area contributed by atoms with Gasteiger partial charge in [0.05, 0.1) is 0 Å². The Morgan fingerprint density at radius 2 is 0.941 bits per heavy atom. The van der Waals surface area contributed by atoms with Crippen LogP contribution < -0.4 is 0 Å². The van der Waals surface area contributed by atoms with Crippen LogP contribution in [0, 0.1) is 0 Å². The SMILES string of the molecule is O=P(OC=C(F)F)(OC=C(F)F)OC=C(F)F. The van der Waals surface area contributed by atoms with Gasteiger partial charge in [0.2, 0.25) is 0 Å². The molecule has 0 aromatic rings. The van der Waals surface area contributed by atoms with Crippen LogP contribution in [0.25, 0.3) is 0 Å². The molecule has 0 aliphatic heterocycles. The second-order valence-corrected chi connectivity index (χ2v) is 3.51. The maximum absolute atomic E-state index is 11.5. The lowest BCUT2D eigenvalue weighted by Crippen LogP contribution is -1.89. The first-order valence-corrected chi connectivity index (χ1v) is 4.90. The Kier molecular flexibility index (Phi) is 6.26. The molecule has 0 rings (SSSR count). The summed E-state index contributed by atoms with van der Waals surface area (Å²) >= 11 is 0. The lowest BCUT2D eigenvalue weighted by Gasteiger charge is -2.11. The molecule has 0 aromatic carbocycles. The van der Waals surface area contributed by atoms with Gasteiger partial charge in [0.25, 0.3) is 0 Å². The molecule has 98 valence electrons. The summed E-state index contributed by atoms with van der Waals surface area (Å²) in [6.07, 6.45) is -8.91. The molecule has 0 aliphatic carbocycles. The average molecular weight is 284 g/mol. The van der Waals surface area contributed by atoms with Gasteiger partial charge in [-0.1, -0.05) is 0 Å². The molecule has 4 nitrogen and oxygen atoms in total. The van der Waals surface area contributed by atoms with Crippen LogP contribution in [0.1, 0.15) is 0 Å². The molecule has 0 aromatic heterocycles. The van der Waals surface area contributed by atoms with Gasteiger partial charge in [-0.25, -0.2) is 0 Å². The first kappa shape index (κ1) is 15.4. The lowest BCUT2D eigenvalue weighted by molar-refractivity contribution is 0.206. The number of rotatable bonds is 6. The Hall–Kier alpha value is -1.57. The van der Waals surface area contributed by atoms with Gasteiger partial charge in [0.15, 0.2) is 18.8 Å². The smallest absolute Gasteiger partial charge is 0.388 e.